The Morgan fingerprint density at radius 2 is 1.68 bits per heavy atom. The van der Waals surface area contributed by atoms with E-state index >= 15 is 0 Å². The van der Waals surface area contributed by atoms with Gasteiger partial charge in [0.05, 0.1) is 17.6 Å². The highest BCUT2D eigenvalue weighted by molar-refractivity contribution is 6.00. The van der Waals surface area contributed by atoms with Crippen LogP contribution in [0.2, 0.25) is 0 Å². The van der Waals surface area contributed by atoms with Crippen molar-refractivity contribution in [1.82, 2.24) is 0 Å². The Bertz CT molecular complexity index is 672. The van der Waals surface area contributed by atoms with Crippen LogP contribution in [0.25, 0.3) is 0 Å². The highest BCUT2D eigenvalue weighted by Crippen LogP contribution is 2.53. The van der Waals surface area contributed by atoms with E-state index in [-0.39, 0.29) is 22.5 Å². The van der Waals surface area contributed by atoms with Gasteiger partial charge in [-0.25, -0.2) is 0 Å². The van der Waals surface area contributed by atoms with E-state index in [1.807, 2.05) is 0 Å². The van der Waals surface area contributed by atoms with E-state index in [4.69, 9.17) is 4.74 Å². The van der Waals surface area contributed by atoms with Crippen LogP contribution in [0.15, 0.2) is 24.3 Å². The number of halogens is 3. The molecule has 136 valence electrons. The van der Waals surface area contributed by atoms with Gasteiger partial charge in [0.2, 0.25) is 5.91 Å². The summed E-state index contributed by atoms with van der Waals surface area (Å²) >= 11 is 0. The van der Waals surface area contributed by atoms with Gasteiger partial charge in [-0.1, -0.05) is 12.1 Å². The topological polar surface area (TPSA) is 53.1 Å². The maximum atomic E-state index is 12.9. The first-order valence-corrected chi connectivity index (χ1v) is 8.56. The SMILES string of the molecule is O=C1N(c2ccc([C@@H](O)C(F)(F)F)cc2)CC[C@]12CC[C@]1(CC2)CO1. The first kappa shape index (κ1) is 16.8. The number of anilines is 1. The van der Waals surface area contributed by atoms with Crippen molar-refractivity contribution in [1.29, 1.82) is 0 Å². The van der Waals surface area contributed by atoms with Gasteiger partial charge in [-0.2, -0.15) is 13.2 Å². The molecule has 1 atom stereocenters. The molecule has 0 unspecified atom stereocenters. The van der Waals surface area contributed by atoms with Crippen molar-refractivity contribution in [2.24, 2.45) is 5.41 Å². The number of carbonyl (C=O) groups is 1. The third kappa shape index (κ3) is 2.83. The van der Waals surface area contributed by atoms with E-state index in [2.05, 4.69) is 0 Å². The molecule has 3 fully saturated rings. The van der Waals surface area contributed by atoms with Crippen molar-refractivity contribution in [2.45, 2.75) is 50.0 Å². The molecular formula is C18H20F3NO3. The van der Waals surface area contributed by atoms with Crippen LogP contribution in [0.1, 0.15) is 43.8 Å². The Hall–Kier alpha value is -1.60. The fraction of sp³-hybridized carbons (Fsp3) is 0.611. The summed E-state index contributed by atoms with van der Waals surface area (Å²) in [5.41, 5.74) is 0.0430. The number of ether oxygens (including phenoxy) is 1. The number of alkyl halides is 3. The van der Waals surface area contributed by atoms with Crippen molar-refractivity contribution < 1.29 is 27.8 Å². The van der Waals surface area contributed by atoms with Crippen LogP contribution in [0.4, 0.5) is 18.9 Å². The molecule has 4 nitrogen and oxygen atoms in total. The van der Waals surface area contributed by atoms with Crippen molar-refractivity contribution in [2.75, 3.05) is 18.1 Å². The van der Waals surface area contributed by atoms with Gasteiger partial charge in [-0.3, -0.25) is 4.79 Å². The smallest absolute Gasteiger partial charge is 0.379 e. The summed E-state index contributed by atoms with van der Waals surface area (Å²) in [6.45, 7) is 1.37. The fourth-order valence-electron chi connectivity index (χ4n) is 4.13. The number of benzene rings is 1. The number of carbonyl (C=O) groups excluding carboxylic acids is 1. The van der Waals surface area contributed by atoms with Gasteiger partial charge >= 0.3 is 6.18 Å². The predicted molar refractivity (Wildman–Crippen MR) is 84.0 cm³/mol. The van der Waals surface area contributed by atoms with Crippen LogP contribution >= 0.6 is 0 Å². The van der Waals surface area contributed by atoms with E-state index in [0.717, 1.165) is 38.7 Å². The van der Waals surface area contributed by atoms with Crippen molar-refractivity contribution in [3.63, 3.8) is 0 Å². The molecule has 2 heterocycles. The van der Waals surface area contributed by atoms with Gasteiger partial charge in [-0.05, 0) is 49.8 Å². The van der Waals surface area contributed by atoms with Crippen LogP contribution in [-0.2, 0) is 9.53 Å². The van der Waals surface area contributed by atoms with Gasteiger partial charge in [0.25, 0.3) is 0 Å². The summed E-state index contributed by atoms with van der Waals surface area (Å²) in [4.78, 5) is 14.6. The Morgan fingerprint density at radius 1 is 1.08 bits per heavy atom. The summed E-state index contributed by atoms with van der Waals surface area (Å²) in [6, 6.07) is 5.43. The third-order valence-electron chi connectivity index (χ3n) is 6.01. The number of nitrogens with zero attached hydrogens (tertiary/aromatic N) is 1. The van der Waals surface area contributed by atoms with Crippen molar-refractivity contribution >= 4 is 11.6 Å². The van der Waals surface area contributed by atoms with E-state index < -0.39 is 12.3 Å². The molecule has 0 radical (unpaired) electrons. The lowest BCUT2D eigenvalue weighted by Gasteiger charge is -2.34. The quantitative estimate of drug-likeness (QED) is 0.828. The van der Waals surface area contributed by atoms with Crippen molar-refractivity contribution in [3.8, 4) is 0 Å². The zero-order valence-electron chi connectivity index (χ0n) is 13.7. The van der Waals surface area contributed by atoms with Crippen LogP contribution in [-0.4, -0.2) is 35.9 Å². The number of rotatable bonds is 2. The van der Waals surface area contributed by atoms with E-state index in [1.165, 1.54) is 24.3 Å². The largest absolute Gasteiger partial charge is 0.418 e. The highest BCUT2D eigenvalue weighted by Gasteiger charge is 2.56. The first-order chi connectivity index (χ1) is 11.7. The molecule has 0 bridgehead atoms. The molecule has 1 aromatic carbocycles. The van der Waals surface area contributed by atoms with Gasteiger partial charge in [0.1, 0.15) is 0 Å². The number of aliphatic hydroxyl groups excluding tert-OH is 1. The maximum Gasteiger partial charge on any atom is 0.418 e. The predicted octanol–water partition coefficient (Wildman–Crippen LogP) is 3.35. The minimum Gasteiger partial charge on any atom is -0.379 e. The molecular weight excluding hydrogens is 335 g/mol. The Labute approximate surface area is 143 Å². The lowest BCUT2D eigenvalue weighted by atomic mass is 9.69. The second kappa shape index (κ2) is 5.45. The van der Waals surface area contributed by atoms with Gasteiger partial charge < -0.3 is 14.7 Å². The molecule has 0 aromatic heterocycles. The van der Waals surface area contributed by atoms with Gasteiger partial charge in [0, 0.05) is 12.2 Å². The molecule has 1 aromatic rings. The summed E-state index contributed by atoms with van der Waals surface area (Å²) < 4.78 is 43.2. The second-order valence-electron chi connectivity index (χ2n) is 7.49. The monoisotopic (exact) mass is 355 g/mol. The molecule has 2 saturated heterocycles. The van der Waals surface area contributed by atoms with Crippen LogP contribution in [0, 0.1) is 5.41 Å². The molecule has 3 aliphatic rings. The molecule has 4 rings (SSSR count). The molecule has 1 aliphatic carbocycles. The van der Waals surface area contributed by atoms with E-state index in [1.54, 1.807) is 4.90 Å². The Kier molecular flexibility index (Phi) is 3.67. The Balaban J connectivity index is 1.48. The van der Waals surface area contributed by atoms with Crippen molar-refractivity contribution in [3.05, 3.63) is 29.8 Å². The average molecular weight is 355 g/mol. The van der Waals surface area contributed by atoms with Crippen LogP contribution < -0.4 is 4.90 Å². The number of amides is 1. The summed E-state index contributed by atoms with van der Waals surface area (Å²) in [5, 5.41) is 9.30. The van der Waals surface area contributed by atoms with Crippen LogP contribution in [0.5, 0.6) is 0 Å². The number of hydrogen-bond donors (Lipinski definition) is 1. The molecule has 2 aliphatic heterocycles. The molecule has 1 amide bonds. The fourth-order valence-corrected chi connectivity index (χ4v) is 4.13. The standard InChI is InChI=1S/C18H20F3NO3/c19-18(20,21)14(23)12-1-3-13(4-2-12)22-10-9-16(15(22)24)5-7-17(8-6-16)11-25-17/h1-4,14,23H,5-11H2/t14-,16-,17+/m1/s1. The summed E-state index contributed by atoms with van der Waals surface area (Å²) in [7, 11) is 0. The molecule has 25 heavy (non-hydrogen) atoms. The maximum absolute atomic E-state index is 12.9. The number of hydrogen-bond acceptors (Lipinski definition) is 3. The van der Waals surface area contributed by atoms with Gasteiger partial charge in [-0.15, -0.1) is 0 Å². The summed E-state index contributed by atoms with van der Waals surface area (Å²) in [6.07, 6.45) is -2.99. The normalized spacial score (nSPS) is 33.3. The minimum absolute atomic E-state index is 0.0222. The molecule has 7 heteroatoms. The summed E-state index contributed by atoms with van der Waals surface area (Å²) in [5.74, 6) is 0.0621. The third-order valence-corrected chi connectivity index (χ3v) is 6.01. The lowest BCUT2D eigenvalue weighted by Crippen LogP contribution is -2.39. The highest BCUT2D eigenvalue weighted by atomic mass is 19.4. The second-order valence-corrected chi connectivity index (χ2v) is 7.49. The van der Waals surface area contributed by atoms with E-state index in [9.17, 15) is 23.1 Å². The first-order valence-electron chi connectivity index (χ1n) is 8.56. The molecule has 1 saturated carbocycles. The molecule has 1 N–H and O–H groups in total. The number of epoxide rings is 1. The zero-order chi connectivity index (χ0) is 17.9. The lowest BCUT2D eigenvalue weighted by molar-refractivity contribution is -0.206. The van der Waals surface area contributed by atoms with E-state index in [0.29, 0.717) is 12.2 Å². The average Bonchev–Trinajstić information content (AvgIpc) is 3.28. The minimum atomic E-state index is -4.70. The molecule has 2 spiro atoms. The number of aliphatic hydroxyl groups is 1. The zero-order valence-corrected chi connectivity index (χ0v) is 13.7. The Morgan fingerprint density at radius 3 is 2.20 bits per heavy atom. The van der Waals surface area contributed by atoms with Gasteiger partial charge in [0.15, 0.2) is 6.10 Å². The van der Waals surface area contributed by atoms with Crippen LogP contribution in [0.3, 0.4) is 0 Å².